The molecule has 0 aliphatic heterocycles. The number of aliphatic hydroxyl groups excluding tert-OH is 1. The molecule has 1 aromatic rings. The van der Waals surface area contributed by atoms with Gasteiger partial charge in [0.15, 0.2) is 0 Å². The Morgan fingerprint density at radius 2 is 1.95 bits per heavy atom. The van der Waals surface area contributed by atoms with Gasteiger partial charge in [-0.2, -0.15) is 0 Å². The summed E-state index contributed by atoms with van der Waals surface area (Å²) in [5.41, 5.74) is 0.496. The SMILES string of the molecule is O=[N+]([O-])c1c(Br)cc(Br)cc1C=NC1CCC(O)CC1. The Bertz CT molecular complexity index is 541. The van der Waals surface area contributed by atoms with Gasteiger partial charge in [0.2, 0.25) is 0 Å². The Hall–Kier alpha value is -0.790. The van der Waals surface area contributed by atoms with E-state index < -0.39 is 4.92 Å². The van der Waals surface area contributed by atoms with E-state index in [1.54, 1.807) is 18.3 Å². The largest absolute Gasteiger partial charge is 0.393 e. The zero-order valence-corrected chi connectivity index (χ0v) is 13.8. The van der Waals surface area contributed by atoms with E-state index in [0.717, 1.165) is 30.2 Å². The summed E-state index contributed by atoms with van der Waals surface area (Å²) in [7, 11) is 0. The van der Waals surface area contributed by atoms with Crippen LogP contribution >= 0.6 is 31.9 Å². The lowest BCUT2D eigenvalue weighted by atomic mass is 9.93. The van der Waals surface area contributed by atoms with Crippen LogP contribution < -0.4 is 0 Å². The maximum atomic E-state index is 11.1. The third-order valence-electron chi connectivity index (χ3n) is 3.33. The summed E-state index contributed by atoms with van der Waals surface area (Å²) >= 11 is 6.53. The number of hydrogen-bond acceptors (Lipinski definition) is 4. The van der Waals surface area contributed by atoms with Crippen molar-refractivity contribution in [2.75, 3.05) is 0 Å². The van der Waals surface area contributed by atoms with Gasteiger partial charge in [-0.3, -0.25) is 15.1 Å². The van der Waals surface area contributed by atoms with Gasteiger partial charge in [0, 0.05) is 10.7 Å². The Balaban J connectivity index is 2.22. The van der Waals surface area contributed by atoms with Crippen LogP contribution in [0.2, 0.25) is 0 Å². The van der Waals surface area contributed by atoms with Gasteiger partial charge in [-0.25, -0.2) is 0 Å². The number of halogens is 2. The Morgan fingerprint density at radius 1 is 1.30 bits per heavy atom. The van der Waals surface area contributed by atoms with E-state index in [9.17, 15) is 15.2 Å². The van der Waals surface area contributed by atoms with Crippen molar-refractivity contribution < 1.29 is 10.0 Å². The molecule has 0 bridgehead atoms. The van der Waals surface area contributed by atoms with Gasteiger partial charge in [-0.15, -0.1) is 0 Å². The maximum absolute atomic E-state index is 11.1. The predicted molar refractivity (Wildman–Crippen MR) is 84.4 cm³/mol. The van der Waals surface area contributed by atoms with Gasteiger partial charge >= 0.3 is 0 Å². The molecule has 108 valence electrons. The fourth-order valence-corrected chi connectivity index (χ4v) is 3.67. The molecule has 1 N–H and O–H groups in total. The molecule has 1 aliphatic rings. The van der Waals surface area contributed by atoms with E-state index in [1.807, 2.05) is 0 Å². The van der Waals surface area contributed by atoms with Crippen molar-refractivity contribution in [3.05, 3.63) is 36.8 Å². The van der Waals surface area contributed by atoms with Crippen LogP contribution in [0, 0.1) is 10.1 Å². The first-order valence-electron chi connectivity index (χ1n) is 6.32. The third-order valence-corrected chi connectivity index (χ3v) is 4.39. The highest BCUT2D eigenvalue weighted by molar-refractivity contribution is 9.11. The van der Waals surface area contributed by atoms with Crippen molar-refractivity contribution in [2.24, 2.45) is 4.99 Å². The zero-order chi connectivity index (χ0) is 14.7. The van der Waals surface area contributed by atoms with Gasteiger partial charge in [-0.1, -0.05) is 15.9 Å². The number of hydrogen-bond donors (Lipinski definition) is 1. The van der Waals surface area contributed by atoms with Crippen LogP contribution in [0.4, 0.5) is 5.69 Å². The highest BCUT2D eigenvalue weighted by Crippen LogP contribution is 2.32. The Labute approximate surface area is 133 Å². The van der Waals surface area contributed by atoms with Gasteiger partial charge < -0.3 is 5.11 Å². The van der Waals surface area contributed by atoms with E-state index in [4.69, 9.17) is 0 Å². The zero-order valence-electron chi connectivity index (χ0n) is 10.6. The smallest absolute Gasteiger partial charge is 0.292 e. The van der Waals surface area contributed by atoms with E-state index in [0.29, 0.717) is 10.0 Å². The van der Waals surface area contributed by atoms with Crippen LogP contribution in [0.25, 0.3) is 0 Å². The lowest BCUT2D eigenvalue weighted by Gasteiger charge is -2.22. The molecule has 2 rings (SSSR count). The molecule has 1 aliphatic carbocycles. The van der Waals surface area contributed by atoms with E-state index in [-0.39, 0.29) is 17.8 Å². The molecule has 5 nitrogen and oxygen atoms in total. The van der Waals surface area contributed by atoms with E-state index in [2.05, 4.69) is 36.9 Å². The summed E-state index contributed by atoms with van der Waals surface area (Å²) in [6.07, 6.45) is 4.46. The van der Waals surface area contributed by atoms with Crippen molar-refractivity contribution in [1.82, 2.24) is 0 Å². The van der Waals surface area contributed by atoms with Crippen molar-refractivity contribution >= 4 is 43.8 Å². The minimum Gasteiger partial charge on any atom is -0.393 e. The molecule has 0 atom stereocenters. The van der Waals surface area contributed by atoms with Crippen LogP contribution in [0.5, 0.6) is 0 Å². The second-order valence-corrected chi connectivity index (χ2v) is 6.59. The molecule has 1 aromatic carbocycles. The van der Waals surface area contributed by atoms with Crippen LogP contribution in [-0.2, 0) is 0 Å². The molecule has 1 saturated carbocycles. The number of nitrogens with zero attached hydrogens (tertiary/aromatic N) is 2. The van der Waals surface area contributed by atoms with E-state index >= 15 is 0 Å². The number of rotatable bonds is 3. The fourth-order valence-electron chi connectivity index (χ4n) is 2.27. The minimum atomic E-state index is -0.414. The van der Waals surface area contributed by atoms with Gasteiger partial charge in [0.25, 0.3) is 5.69 Å². The van der Waals surface area contributed by atoms with Crippen LogP contribution in [0.1, 0.15) is 31.2 Å². The average Bonchev–Trinajstić information content (AvgIpc) is 2.36. The minimum absolute atomic E-state index is 0.0211. The van der Waals surface area contributed by atoms with Crippen molar-refractivity contribution in [3.8, 4) is 0 Å². The molecule has 1 fully saturated rings. The number of nitro benzene ring substituents is 1. The topological polar surface area (TPSA) is 75.7 Å². The average molecular weight is 406 g/mol. The monoisotopic (exact) mass is 404 g/mol. The number of aliphatic imine (C=N–C) groups is 1. The second kappa shape index (κ2) is 6.78. The molecular weight excluding hydrogens is 392 g/mol. The molecule has 7 heteroatoms. The molecule has 0 heterocycles. The first-order chi connectivity index (χ1) is 9.47. The molecule has 0 unspecified atom stereocenters. The van der Waals surface area contributed by atoms with Crippen LogP contribution in [-0.4, -0.2) is 28.4 Å². The highest BCUT2D eigenvalue weighted by atomic mass is 79.9. The van der Waals surface area contributed by atoms with Crippen LogP contribution in [0.3, 0.4) is 0 Å². The molecule has 0 saturated heterocycles. The first-order valence-corrected chi connectivity index (χ1v) is 7.90. The first kappa shape index (κ1) is 15.6. The maximum Gasteiger partial charge on any atom is 0.292 e. The van der Waals surface area contributed by atoms with E-state index in [1.165, 1.54) is 0 Å². The lowest BCUT2D eigenvalue weighted by Crippen LogP contribution is -2.20. The molecule has 0 spiro atoms. The molecule has 20 heavy (non-hydrogen) atoms. The molecule has 0 radical (unpaired) electrons. The lowest BCUT2D eigenvalue weighted by molar-refractivity contribution is -0.385. The van der Waals surface area contributed by atoms with Crippen molar-refractivity contribution in [2.45, 2.75) is 37.8 Å². The number of benzene rings is 1. The summed E-state index contributed by atoms with van der Waals surface area (Å²) in [5.74, 6) is 0. The van der Waals surface area contributed by atoms with Crippen LogP contribution in [0.15, 0.2) is 26.1 Å². The summed E-state index contributed by atoms with van der Waals surface area (Å²) in [5, 5.41) is 20.6. The Morgan fingerprint density at radius 3 is 2.55 bits per heavy atom. The number of aliphatic hydroxyl groups is 1. The quantitative estimate of drug-likeness (QED) is 0.471. The van der Waals surface area contributed by atoms with Crippen molar-refractivity contribution in [1.29, 1.82) is 0 Å². The summed E-state index contributed by atoms with van der Waals surface area (Å²) in [6.45, 7) is 0. The predicted octanol–water partition coefficient (Wildman–Crippen LogP) is 3.84. The summed E-state index contributed by atoms with van der Waals surface area (Å²) < 4.78 is 1.19. The standard InChI is InChI=1S/C13H14Br2N2O3/c14-9-5-8(13(17(19)20)12(15)6-9)7-16-10-1-3-11(18)4-2-10/h5-7,10-11,18H,1-4H2. The molecule has 0 amide bonds. The normalized spacial score (nSPS) is 23.1. The van der Waals surface area contributed by atoms with Gasteiger partial charge in [0.1, 0.15) is 0 Å². The Kier molecular flexibility index (Phi) is 5.29. The summed E-state index contributed by atoms with van der Waals surface area (Å²) in [6, 6.07) is 3.46. The highest BCUT2D eigenvalue weighted by Gasteiger charge is 2.20. The van der Waals surface area contributed by atoms with Gasteiger partial charge in [-0.05, 0) is 53.7 Å². The second-order valence-electron chi connectivity index (χ2n) is 4.82. The molecule has 0 aromatic heterocycles. The van der Waals surface area contributed by atoms with Crippen molar-refractivity contribution in [3.63, 3.8) is 0 Å². The molecular formula is C13H14Br2N2O3. The number of nitro groups is 1. The fraction of sp³-hybridized carbons (Fsp3) is 0.462. The third kappa shape index (κ3) is 3.86. The summed E-state index contributed by atoms with van der Waals surface area (Å²) in [4.78, 5) is 15.1. The van der Waals surface area contributed by atoms with Gasteiger partial charge in [0.05, 0.1) is 27.1 Å².